The van der Waals surface area contributed by atoms with Crippen LogP contribution in [0.2, 0.25) is 0 Å². The number of amides is 1. The van der Waals surface area contributed by atoms with Gasteiger partial charge in [-0.1, -0.05) is 13.0 Å². The van der Waals surface area contributed by atoms with Crippen molar-refractivity contribution in [2.24, 2.45) is 0 Å². The van der Waals surface area contributed by atoms with E-state index in [0.29, 0.717) is 0 Å². The molecule has 0 aliphatic heterocycles. The van der Waals surface area contributed by atoms with Gasteiger partial charge in [0.15, 0.2) is 0 Å². The minimum atomic E-state index is -0.0143. The molecule has 0 aromatic heterocycles. The van der Waals surface area contributed by atoms with Crippen molar-refractivity contribution in [2.45, 2.75) is 26.8 Å². The first-order chi connectivity index (χ1) is 6.06. The Bertz CT molecular complexity index is 176. The molecule has 13 heavy (non-hydrogen) atoms. The van der Waals surface area contributed by atoms with E-state index in [1.54, 1.807) is 6.08 Å². The summed E-state index contributed by atoms with van der Waals surface area (Å²) in [5.74, 6) is -0.0143. The highest BCUT2D eigenvalue weighted by atomic mass is 16.1. The highest BCUT2D eigenvalue weighted by Crippen LogP contribution is 1.83. The summed E-state index contributed by atoms with van der Waals surface area (Å²) in [5.41, 5.74) is 0. The van der Waals surface area contributed by atoms with Crippen molar-refractivity contribution < 1.29 is 4.79 Å². The van der Waals surface area contributed by atoms with E-state index < -0.39 is 0 Å². The van der Waals surface area contributed by atoms with Crippen LogP contribution in [0, 0.1) is 0 Å². The van der Waals surface area contributed by atoms with E-state index in [1.165, 1.54) is 0 Å². The fourth-order valence-corrected chi connectivity index (χ4v) is 0.801. The number of nitrogens with zero attached hydrogens (tertiary/aromatic N) is 1. The summed E-state index contributed by atoms with van der Waals surface area (Å²) in [5, 5.41) is 2.79. The fraction of sp³-hybridized carbons (Fsp3) is 0.700. The van der Waals surface area contributed by atoms with Crippen molar-refractivity contribution in [3.8, 4) is 0 Å². The van der Waals surface area contributed by atoms with E-state index in [4.69, 9.17) is 0 Å². The van der Waals surface area contributed by atoms with Crippen molar-refractivity contribution in [3.05, 3.63) is 12.2 Å². The van der Waals surface area contributed by atoms with E-state index in [9.17, 15) is 4.79 Å². The summed E-state index contributed by atoms with van der Waals surface area (Å²) in [7, 11) is 2.02. The molecule has 0 unspecified atom stereocenters. The predicted molar refractivity (Wildman–Crippen MR) is 55.6 cm³/mol. The van der Waals surface area contributed by atoms with Gasteiger partial charge in [-0.2, -0.15) is 0 Å². The van der Waals surface area contributed by atoms with E-state index >= 15 is 0 Å². The van der Waals surface area contributed by atoms with E-state index in [-0.39, 0.29) is 11.9 Å². The molecule has 0 fully saturated rings. The molecule has 0 radical (unpaired) electrons. The van der Waals surface area contributed by atoms with E-state index in [0.717, 1.165) is 13.1 Å². The third-order valence-electron chi connectivity index (χ3n) is 1.66. The van der Waals surface area contributed by atoms with Gasteiger partial charge in [-0.3, -0.25) is 4.79 Å². The van der Waals surface area contributed by atoms with Crippen molar-refractivity contribution in [1.29, 1.82) is 0 Å². The van der Waals surface area contributed by atoms with Crippen molar-refractivity contribution in [2.75, 3.05) is 20.1 Å². The molecule has 0 rings (SSSR count). The minimum Gasteiger partial charge on any atom is -0.350 e. The van der Waals surface area contributed by atoms with Gasteiger partial charge in [-0.15, -0.1) is 0 Å². The summed E-state index contributed by atoms with van der Waals surface area (Å²) in [4.78, 5) is 13.2. The molecule has 0 aliphatic carbocycles. The molecular formula is C10H20N2O. The smallest absolute Gasteiger partial charge is 0.243 e. The normalized spacial score (nSPS) is 11.5. The lowest BCUT2D eigenvalue weighted by atomic mass is 10.3. The minimum absolute atomic E-state index is 0.0143. The molecule has 0 aromatic rings. The Morgan fingerprint density at radius 3 is 2.62 bits per heavy atom. The molecule has 0 saturated heterocycles. The Morgan fingerprint density at radius 2 is 2.15 bits per heavy atom. The van der Waals surface area contributed by atoms with Gasteiger partial charge in [-0.05, 0) is 27.4 Å². The molecule has 76 valence electrons. The number of hydrogen-bond donors (Lipinski definition) is 1. The van der Waals surface area contributed by atoms with Crippen LogP contribution in [0.3, 0.4) is 0 Å². The lowest BCUT2D eigenvalue weighted by Gasteiger charge is -2.09. The lowest BCUT2D eigenvalue weighted by Crippen LogP contribution is -2.28. The molecule has 3 heteroatoms. The van der Waals surface area contributed by atoms with Crippen LogP contribution in [0.25, 0.3) is 0 Å². The Hall–Kier alpha value is -0.830. The zero-order valence-corrected chi connectivity index (χ0v) is 9.00. The van der Waals surface area contributed by atoms with Crippen LogP contribution in [0.1, 0.15) is 20.8 Å². The predicted octanol–water partition coefficient (Wildman–Crippen LogP) is 1.02. The van der Waals surface area contributed by atoms with Gasteiger partial charge in [-0.25, -0.2) is 0 Å². The second-order valence-electron chi connectivity index (χ2n) is 3.42. The van der Waals surface area contributed by atoms with Crippen molar-refractivity contribution >= 4 is 5.91 Å². The molecule has 0 spiro atoms. The molecule has 3 nitrogen and oxygen atoms in total. The molecule has 0 aromatic carbocycles. The highest BCUT2D eigenvalue weighted by molar-refractivity contribution is 5.87. The maximum absolute atomic E-state index is 11.1. The Kier molecular flexibility index (Phi) is 6.24. The third kappa shape index (κ3) is 7.53. The molecule has 1 amide bonds. The van der Waals surface area contributed by atoms with Crippen LogP contribution in [-0.2, 0) is 4.79 Å². The van der Waals surface area contributed by atoms with Gasteiger partial charge < -0.3 is 10.2 Å². The van der Waals surface area contributed by atoms with Crippen LogP contribution < -0.4 is 5.32 Å². The zero-order chi connectivity index (χ0) is 10.3. The molecule has 0 heterocycles. The van der Waals surface area contributed by atoms with Gasteiger partial charge >= 0.3 is 0 Å². The Balaban J connectivity index is 3.65. The van der Waals surface area contributed by atoms with Crippen LogP contribution in [0.4, 0.5) is 0 Å². The van der Waals surface area contributed by atoms with E-state index in [1.807, 2.05) is 27.0 Å². The molecular weight excluding hydrogens is 164 g/mol. The number of rotatable bonds is 5. The number of hydrogen-bond acceptors (Lipinski definition) is 2. The maximum atomic E-state index is 11.1. The second kappa shape index (κ2) is 6.66. The van der Waals surface area contributed by atoms with Crippen molar-refractivity contribution in [1.82, 2.24) is 10.2 Å². The van der Waals surface area contributed by atoms with Gasteiger partial charge in [0.1, 0.15) is 0 Å². The summed E-state index contributed by atoms with van der Waals surface area (Å²) < 4.78 is 0. The standard InChI is InChI=1S/C10H20N2O/c1-5-12(4)8-6-7-10(13)11-9(2)3/h6-7,9H,5,8H2,1-4H3,(H,11,13)/b7-6+. The highest BCUT2D eigenvalue weighted by Gasteiger charge is 1.96. The largest absolute Gasteiger partial charge is 0.350 e. The van der Waals surface area contributed by atoms with Gasteiger partial charge in [0.05, 0.1) is 0 Å². The molecule has 0 saturated carbocycles. The van der Waals surface area contributed by atoms with Crippen LogP contribution in [-0.4, -0.2) is 37.0 Å². The summed E-state index contributed by atoms with van der Waals surface area (Å²) in [6.07, 6.45) is 3.47. The van der Waals surface area contributed by atoms with Crippen molar-refractivity contribution in [3.63, 3.8) is 0 Å². The quantitative estimate of drug-likeness (QED) is 0.647. The SMILES string of the molecule is CCN(C)C/C=C/C(=O)NC(C)C. The first-order valence-electron chi connectivity index (χ1n) is 4.71. The summed E-state index contributed by atoms with van der Waals surface area (Å²) in [6, 6.07) is 0.209. The number of likely N-dealkylation sites (N-methyl/N-ethyl adjacent to an activating group) is 1. The Morgan fingerprint density at radius 1 is 1.54 bits per heavy atom. The average molecular weight is 184 g/mol. The monoisotopic (exact) mass is 184 g/mol. The van der Waals surface area contributed by atoms with Crippen LogP contribution in [0.15, 0.2) is 12.2 Å². The molecule has 0 bridgehead atoms. The number of carbonyl (C=O) groups is 1. The molecule has 1 N–H and O–H groups in total. The first kappa shape index (κ1) is 12.2. The van der Waals surface area contributed by atoms with Gasteiger partial charge in [0, 0.05) is 18.7 Å². The summed E-state index contributed by atoms with van der Waals surface area (Å²) >= 11 is 0. The third-order valence-corrected chi connectivity index (χ3v) is 1.66. The van der Waals surface area contributed by atoms with Gasteiger partial charge in [0.2, 0.25) is 5.91 Å². The fourth-order valence-electron chi connectivity index (χ4n) is 0.801. The number of nitrogens with one attached hydrogen (secondary N) is 1. The Labute approximate surface area is 80.8 Å². The maximum Gasteiger partial charge on any atom is 0.243 e. The second-order valence-corrected chi connectivity index (χ2v) is 3.42. The van der Waals surface area contributed by atoms with Gasteiger partial charge in [0.25, 0.3) is 0 Å². The molecule has 0 aliphatic rings. The van der Waals surface area contributed by atoms with E-state index in [2.05, 4.69) is 17.1 Å². The summed E-state index contributed by atoms with van der Waals surface area (Å²) in [6.45, 7) is 7.80. The lowest BCUT2D eigenvalue weighted by molar-refractivity contribution is -0.116. The average Bonchev–Trinajstić information content (AvgIpc) is 2.02. The molecule has 0 atom stereocenters. The first-order valence-corrected chi connectivity index (χ1v) is 4.71. The zero-order valence-electron chi connectivity index (χ0n) is 9.00. The number of carbonyl (C=O) groups excluding carboxylic acids is 1. The van der Waals surface area contributed by atoms with Crippen LogP contribution >= 0.6 is 0 Å². The topological polar surface area (TPSA) is 32.3 Å². The van der Waals surface area contributed by atoms with Crippen LogP contribution in [0.5, 0.6) is 0 Å².